The van der Waals surface area contributed by atoms with Gasteiger partial charge < -0.3 is 0 Å². The molecule has 1 fully saturated rings. The maximum atomic E-state index is 10.3. The van der Waals surface area contributed by atoms with Crippen molar-refractivity contribution in [2.45, 2.75) is 53.0 Å². The van der Waals surface area contributed by atoms with E-state index in [1.54, 1.807) is 0 Å². The van der Waals surface area contributed by atoms with Crippen LogP contribution in [0.3, 0.4) is 0 Å². The predicted octanol–water partition coefficient (Wildman–Crippen LogP) is -1.64. The topological polar surface area (TPSA) is 148 Å². The number of hydrogen-bond donors (Lipinski definition) is 2. The van der Waals surface area contributed by atoms with Crippen molar-refractivity contribution in [3.63, 3.8) is 0 Å². The van der Waals surface area contributed by atoms with Gasteiger partial charge in [0.05, 0.1) is 0 Å². The summed E-state index contributed by atoms with van der Waals surface area (Å²) >= 11 is -1.84. The SMILES string of the molecule is C[As+](C)(C)C[C@H]1O[C@@H](OC[C@H]([OH2+])COS(=O)(=O)[O-])[C@H](O)[C@@H]1O. The van der Waals surface area contributed by atoms with Crippen LogP contribution < -0.4 is 0 Å². The molecule has 0 saturated carbocycles. The van der Waals surface area contributed by atoms with E-state index in [1.165, 1.54) is 0 Å². The summed E-state index contributed by atoms with van der Waals surface area (Å²) in [4.78, 5) is 0. The van der Waals surface area contributed by atoms with E-state index in [-0.39, 0.29) is 6.61 Å². The first kappa shape index (κ1) is 20.3. The van der Waals surface area contributed by atoms with Gasteiger partial charge in [-0.05, 0) is 0 Å². The van der Waals surface area contributed by atoms with Crippen LogP contribution in [0.2, 0.25) is 22.3 Å². The quantitative estimate of drug-likeness (QED) is 0.211. The Hall–Kier alpha value is 0.228. The summed E-state index contributed by atoms with van der Waals surface area (Å²) in [7, 11) is -4.85. The zero-order chi connectivity index (χ0) is 17.1. The van der Waals surface area contributed by atoms with Crippen molar-refractivity contribution in [3.05, 3.63) is 0 Å². The molecule has 0 radical (unpaired) electrons. The first-order chi connectivity index (χ1) is 9.89. The molecule has 0 spiro atoms. The fraction of sp³-hybridized carbons (Fsp3) is 1.00. The standard InChI is InChI=1S/C11H23AsO9S/c1-12(2,3)4-8-9(14)10(15)11(21-8)19-5-7(13)6-20-22(16,17)18/h7-11,13-15H,4-6H2,1-3H3/p+1/t7-,8+,9+,10+,11+/m0/s1. The molecule has 0 amide bonds. The van der Waals surface area contributed by atoms with Gasteiger partial charge in [0.15, 0.2) is 0 Å². The van der Waals surface area contributed by atoms with Gasteiger partial charge in [0.2, 0.25) is 0 Å². The molecule has 0 aromatic rings. The number of hydrogen-bond acceptors (Lipinski definition) is 8. The van der Waals surface area contributed by atoms with Gasteiger partial charge in [0, 0.05) is 0 Å². The van der Waals surface area contributed by atoms with Crippen LogP contribution in [0.15, 0.2) is 0 Å². The molecular formula is C11H24AsO9S+. The molecule has 0 aliphatic carbocycles. The van der Waals surface area contributed by atoms with Gasteiger partial charge in [0.25, 0.3) is 0 Å². The summed E-state index contributed by atoms with van der Waals surface area (Å²) in [5.74, 6) is 0. The summed E-state index contributed by atoms with van der Waals surface area (Å²) in [5, 5.41) is 28.0. The van der Waals surface area contributed by atoms with Crippen molar-refractivity contribution < 1.29 is 41.9 Å². The third-order valence-corrected chi connectivity index (χ3v) is 6.40. The molecule has 0 bridgehead atoms. The third-order valence-electron chi connectivity index (χ3n) is 2.92. The summed E-state index contributed by atoms with van der Waals surface area (Å²) in [6.07, 6.45) is -5.03. The van der Waals surface area contributed by atoms with E-state index in [4.69, 9.17) is 14.6 Å². The van der Waals surface area contributed by atoms with Gasteiger partial charge >= 0.3 is 132 Å². The second-order valence-electron chi connectivity index (χ2n) is 6.22. The van der Waals surface area contributed by atoms with Crippen LogP contribution in [0, 0.1) is 0 Å². The number of rotatable bonds is 8. The summed E-state index contributed by atoms with van der Waals surface area (Å²) in [5.41, 5.74) is 6.40. The molecule has 1 aliphatic rings. The molecule has 22 heavy (non-hydrogen) atoms. The van der Waals surface area contributed by atoms with E-state index in [9.17, 15) is 23.2 Å². The van der Waals surface area contributed by atoms with E-state index in [2.05, 4.69) is 21.3 Å². The molecule has 132 valence electrons. The van der Waals surface area contributed by atoms with E-state index in [0.29, 0.717) is 5.21 Å². The van der Waals surface area contributed by atoms with Crippen LogP contribution in [0.1, 0.15) is 0 Å². The van der Waals surface area contributed by atoms with Crippen LogP contribution >= 0.6 is 0 Å². The van der Waals surface area contributed by atoms with E-state index in [1.807, 2.05) is 0 Å². The Labute approximate surface area is 132 Å². The third kappa shape index (κ3) is 7.20. The minimum absolute atomic E-state index is 0.299. The predicted molar refractivity (Wildman–Crippen MR) is 77.8 cm³/mol. The second kappa shape index (κ2) is 7.87. The molecule has 0 aromatic carbocycles. The van der Waals surface area contributed by atoms with Gasteiger partial charge in [-0.2, -0.15) is 0 Å². The van der Waals surface area contributed by atoms with Crippen molar-refractivity contribution in [2.75, 3.05) is 13.2 Å². The van der Waals surface area contributed by atoms with Gasteiger partial charge in [-0.3, -0.25) is 0 Å². The Balaban J connectivity index is 2.43. The van der Waals surface area contributed by atoms with Crippen LogP contribution in [-0.4, -0.2) is 85.8 Å². The van der Waals surface area contributed by atoms with Gasteiger partial charge in [-0.15, -0.1) is 0 Å². The zero-order valence-electron chi connectivity index (χ0n) is 12.7. The molecule has 1 aliphatic heterocycles. The Kier molecular flexibility index (Phi) is 7.25. The Bertz CT molecular complexity index is 449. The molecule has 0 unspecified atom stereocenters. The molecular weight excluding hydrogens is 383 g/mol. The van der Waals surface area contributed by atoms with Crippen molar-refractivity contribution in [3.8, 4) is 0 Å². The van der Waals surface area contributed by atoms with E-state index >= 15 is 0 Å². The average Bonchev–Trinajstić information content (AvgIpc) is 2.59. The normalized spacial score (nSPS) is 31.4. The molecule has 4 N–H and O–H groups in total. The van der Waals surface area contributed by atoms with E-state index < -0.39 is 61.3 Å². The summed E-state index contributed by atoms with van der Waals surface area (Å²) < 4.78 is 45.4. The minimum atomic E-state index is -4.85. The summed E-state index contributed by atoms with van der Waals surface area (Å²) in [6, 6.07) is 0. The van der Waals surface area contributed by atoms with Gasteiger partial charge in [0.1, 0.15) is 0 Å². The Morgan fingerprint density at radius 1 is 1.27 bits per heavy atom. The number of aliphatic hydroxyl groups excluding tert-OH is 2. The monoisotopic (exact) mass is 407 g/mol. The molecule has 1 heterocycles. The molecule has 9 nitrogen and oxygen atoms in total. The fourth-order valence-electron chi connectivity index (χ4n) is 1.97. The fourth-order valence-corrected chi connectivity index (χ4v) is 5.20. The maximum absolute atomic E-state index is 10.3. The zero-order valence-corrected chi connectivity index (χ0v) is 15.4. The van der Waals surface area contributed by atoms with Crippen molar-refractivity contribution in [2.24, 2.45) is 0 Å². The van der Waals surface area contributed by atoms with Crippen LogP contribution in [0.25, 0.3) is 0 Å². The van der Waals surface area contributed by atoms with Gasteiger partial charge in [-0.1, -0.05) is 0 Å². The van der Waals surface area contributed by atoms with Gasteiger partial charge in [-0.25, -0.2) is 0 Å². The Morgan fingerprint density at radius 3 is 2.36 bits per heavy atom. The molecule has 0 aromatic heterocycles. The molecule has 5 atom stereocenters. The van der Waals surface area contributed by atoms with Crippen LogP contribution in [0.5, 0.6) is 0 Å². The summed E-state index contributed by atoms with van der Waals surface area (Å²) in [6.45, 7) is -0.941. The van der Waals surface area contributed by atoms with Crippen molar-refractivity contribution in [1.29, 1.82) is 0 Å². The van der Waals surface area contributed by atoms with Crippen molar-refractivity contribution in [1.82, 2.24) is 0 Å². The Morgan fingerprint density at radius 2 is 1.86 bits per heavy atom. The number of aliphatic hydroxyl groups is 2. The average molecular weight is 407 g/mol. The molecule has 11 heteroatoms. The second-order valence-corrected chi connectivity index (χ2v) is 17.6. The van der Waals surface area contributed by atoms with Crippen molar-refractivity contribution >= 4 is 24.0 Å². The molecule has 1 rings (SSSR count). The molecule has 1 saturated heterocycles. The van der Waals surface area contributed by atoms with E-state index in [0.717, 1.165) is 0 Å². The van der Waals surface area contributed by atoms with Crippen LogP contribution in [-0.2, 0) is 24.1 Å². The number of ether oxygens (including phenoxy) is 2. The first-order valence-corrected chi connectivity index (χ1v) is 14.9. The first-order valence-electron chi connectivity index (χ1n) is 6.64. The van der Waals surface area contributed by atoms with Crippen LogP contribution in [0.4, 0.5) is 0 Å².